The van der Waals surface area contributed by atoms with Gasteiger partial charge in [0.05, 0.1) is 6.61 Å². The highest BCUT2D eigenvalue weighted by atomic mass is 16.7. The number of hydrogen-bond donors (Lipinski definition) is 1. The lowest BCUT2D eigenvalue weighted by Crippen LogP contribution is -2.36. The van der Waals surface area contributed by atoms with Crippen molar-refractivity contribution in [2.24, 2.45) is 0 Å². The topological polar surface area (TPSA) is 47.6 Å². The quantitative estimate of drug-likeness (QED) is 0.630. The second-order valence-corrected chi connectivity index (χ2v) is 2.77. The van der Waals surface area contributed by atoms with Crippen LogP contribution in [0.25, 0.3) is 0 Å². The first kappa shape index (κ1) is 9.32. The molecule has 0 saturated carbocycles. The fourth-order valence-electron chi connectivity index (χ4n) is 1.21. The Kier molecular flexibility index (Phi) is 3.87. The number of nitrogens with one attached hydrogen (secondary N) is 1. The number of rotatable bonds is 2. The van der Waals surface area contributed by atoms with Gasteiger partial charge in [-0.3, -0.25) is 0 Å². The van der Waals surface area contributed by atoms with E-state index in [1.807, 2.05) is 0 Å². The van der Waals surface area contributed by atoms with Crippen LogP contribution < -0.4 is 5.32 Å². The van der Waals surface area contributed by atoms with Crippen LogP contribution in [0.15, 0.2) is 0 Å². The number of piperidine rings is 1. The van der Waals surface area contributed by atoms with Crippen LogP contribution in [0.1, 0.15) is 19.8 Å². The van der Waals surface area contributed by atoms with Crippen molar-refractivity contribution in [1.82, 2.24) is 5.32 Å². The van der Waals surface area contributed by atoms with Crippen LogP contribution >= 0.6 is 0 Å². The Labute approximate surface area is 72.2 Å². The van der Waals surface area contributed by atoms with Crippen molar-refractivity contribution in [3.05, 3.63) is 0 Å². The van der Waals surface area contributed by atoms with E-state index in [0.717, 1.165) is 25.9 Å². The molecule has 1 N–H and O–H groups in total. The van der Waals surface area contributed by atoms with Gasteiger partial charge in [0.1, 0.15) is 6.10 Å². The Hall–Kier alpha value is -0.770. The summed E-state index contributed by atoms with van der Waals surface area (Å²) < 4.78 is 9.66. The first-order valence-corrected chi connectivity index (χ1v) is 4.37. The lowest BCUT2D eigenvalue weighted by atomic mass is 10.1. The van der Waals surface area contributed by atoms with Gasteiger partial charge in [-0.15, -0.1) is 0 Å². The van der Waals surface area contributed by atoms with Gasteiger partial charge >= 0.3 is 6.16 Å². The third kappa shape index (κ3) is 3.09. The summed E-state index contributed by atoms with van der Waals surface area (Å²) in [5.41, 5.74) is 0. The van der Waals surface area contributed by atoms with Crippen LogP contribution in [-0.4, -0.2) is 32.0 Å². The molecule has 70 valence electrons. The summed E-state index contributed by atoms with van der Waals surface area (Å²) >= 11 is 0. The van der Waals surface area contributed by atoms with Crippen LogP contribution in [0, 0.1) is 0 Å². The molecule has 0 spiro atoms. The summed E-state index contributed by atoms with van der Waals surface area (Å²) in [7, 11) is 0. The third-order valence-corrected chi connectivity index (χ3v) is 1.78. The van der Waals surface area contributed by atoms with E-state index in [0.29, 0.717) is 6.61 Å². The molecule has 1 heterocycles. The molecule has 0 unspecified atom stereocenters. The van der Waals surface area contributed by atoms with E-state index in [1.54, 1.807) is 6.92 Å². The SMILES string of the molecule is CCOC(=O)O[C@@H]1CCCNC1. The van der Waals surface area contributed by atoms with Gasteiger partial charge in [0.2, 0.25) is 0 Å². The number of carbonyl (C=O) groups is 1. The van der Waals surface area contributed by atoms with E-state index < -0.39 is 6.16 Å². The highest BCUT2D eigenvalue weighted by Gasteiger charge is 2.17. The van der Waals surface area contributed by atoms with Gasteiger partial charge in [-0.1, -0.05) is 0 Å². The Morgan fingerprint density at radius 1 is 1.67 bits per heavy atom. The standard InChI is InChI=1S/C8H15NO3/c1-2-11-8(10)12-7-4-3-5-9-6-7/h7,9H,2-6H2,1H3/t7-/m1/s1. The largest absolute Gasteiger partial charge is 0.508 e. The molecule has 0 aromatic carbocycles. The van der Waals surface area contributed by atoms with E-state index in [9.17, 15) is 4.79 Å². The Balaban J connectivity index is 2.15. The minimum atomic E-state index is -0.550. The molecule has 1 aliphatic rings. The van der Waals surface area contributed by atoms with Gasteiger partial charge in [-0.2, -0.15) is 0 Å². The maximum absolute atomic E-state index is 10.8. The van der Waals surface area contributed by atoms with Crippen molar-refractivity contribution in [1.29, 1.82) is 0 Å². The number of carbonyl (C=O) groups excluding carboxylic acids is 1. The molecule has 4 nitrogen and oxygen atoms in total. The first-order valence-electron chi connectivity index (χ1n) is 4.37. The second kappa shape index (κ2) is 4.98. The maximum atomic E-state index is 10.8. The van der Waals surface area contributed by atoms with Crippen LogP contribution in [0.4, 0.5) is 4.79 Å². The molecule has 1 rings (SSSR count). The minimum absolute atomic E-state index is 0.00204. The van der Waals surface area contributed by atoms with Gasteiger partial charge in [-0.25, -0.2) is 4.79 Å². The fourth-order valence-corrected chi connectivity index (χ4v) is 1.21. The first-order chi connectivity index (χ1) is 5.83. The van der Waals surface area contributed by atoms with Gasteiger partial charge < -0.3 is 14.8 Å². The predicted octanol–water partition coefficient (Wildman–Crippen LogP) is 0.911. The smallest absolute Gasteiger partial charge is 0.435 e. The molecule has 0 aromatic heterocycles. The Morgan fingerprint density at radius 2 is 2.50 bits per heavy atom. The predicted molar refractivity (Wildman–Crippen MR) is 44.0 cm³/mol. The zero-order valence-corrected chi connectivity index (χ0v) is 7.34. The molecule has 1 saturated heterocycles. The highest BCUT2D eigenvalue weighted by Crippen LogP contribution is 2.06. The molecular formula is C8H15NO3. The number of hydrogen-bond acceptors (Lipinski definition) is 4. The van der Waals surface area contributed by atoms with Crippen molar-refractivity contribution in [3.8, 4) is 0 Å². The molecule has 4 heteroatoms. The average molecular weight is 173 g/mol. The van der Waals surface area contributed by atoms with Gasteiger partial charge in [0.15, 0.2) is 0 Å². The number of ether oxygens (including phenoxy) is 2. The minimum Gasteiger partial charge on any atom is -0.435 e. The van der Waals surface area contributed by atoms with E-state index in [4.69, 9.17) is 4.74 Å². The lowest BCUT2D eigenvalue weighted by Gasteiger charge is -2.22. The molecule has 1 fully saturated rings. The van der Waals surface area contributed by atoms with E-state index in [1.165, 1.54) is 0 Å². The summed E-state index contributed by atoms with van der Waals surface area (Å²) in [6, 6.07) is 0. The molecule has 0 aliphatic carbocycles. The molecule has 0 aromatic rings. The molecule has 1 aliphatic heterocycles. The van der Waals surface area contributed by atoms with E-state index in [2.05, 4.69) is 10.1 Å². The normalized spacial score (nSPS) is 23.2. The average Bonchev–Trinajstić information content (AvgIpc) is 2.06. The van der Waals surface area contributed by atoms with Crippen LogP contribution in [0.5, 0.6) is 0 Å². The molecule has 1 atom stereocenters. The van der Waals surface area contributed by atoms with Crippen molar-refractivity contribution in [2.45, 2.75) is 25.9 Å². The van der Waals surface area contributed by atoms with E-state index in [-0.39, 0.29) is 6.10 Å². The fraction of sp³-hybridized carbons (Fsp3) is 0.875. The highest BCUT2D eigenvalue weighted by molar-refractivity contribution is 5.60. The molecule has 0 radical (unpaired) electrons. The van der Waals surface area contributed by atoms with Crippen LogP contribution in [0.2, 0.25) is 0 Å². The van der Waals surface area contributed by atoms with Gasteiger partial charge in [0.25, 0.3) is 0 Å². The monoisotopic (exact) mass is 173 g/mol. The van der Waals surface area contributed by atoms with E-state index >= 15 is 0 Å². The molecule has 0 amide bonds. The third-order valence-electron chi connectivity index (χ3n) is 1.78. The maximum Gasteiger partial charge on any atom is 0.508 e. The summed E-state index contributed by atoms with van der Waals surface area (Å²) in [6.07, 6.45) is 1.44. The van der Waals surface area contributed by atoms with Crippen LogP contribution in [-0.2, 0) is 9.47 Å². The second-order valence-electron chi connectivity index (χ2n) is 2.77. The molecule has 12 heavy (non-hydrogen) atoms. The van der Waals surface area contributed by atoms with Gasteiger partial charge in [-0.05, 0) is 26.3 Å². The molecule has 0 bridgehead atoms. The summed E-state index contributed by atoms with van der Waals surface area (Å²) in [4.78, 5) is 10.8. The van der Waals surface area contributed by atoms with Crippen molar-refractivity contribution < 1.29 is 14.3 Å². The Bertz CT molecular complexity index is 143. The van der Waals surface area contributed by atoms with Crippen molar-refractivity contribution >= 4 is 6.16 Å². The lowest BCUT2D eigenvalue weighted by molar-refractivity contribution is 0.0185. The summed E-state index contributed by atoms with van der Waals surface area (Å²) in [6.45, 7) is 3.90. The van der Waals surface area contributed by atoms with Crippen LogP contribution in [0.3, 0.4) is 0 Å². The zero-order chi connectivity index (χ0) is 8.81. The summed E-state index contributed by atoms with van der Waals surface area (Å²) in [5, 5.41) is 3.15. The summed E-state index contributed by atoms with van der Waals surface area (Å²) in [5.74, 6) is 0. The molecular weight excluding hydrogens is 158 g/mol. The van der Waals surface area contributed by atoms with Crippen molar-refractivity contribution in [3.63, 3.8) is 0 Å². The zero-order valence-electron chi connectivity index (χ0n) is 7.34. The Morgan fingerprint density at radius 3 is 3.08 bits per heavy atom. The van der Waals surface area contributed by atoms with Crippen molar-refractivity contribution in [2.75, 3.05) is 19.7 Å². The van der Waals surface area contributed by atoms with Gasteiger partial charge in [0, 0.05) is 6.54 Å².